The standard InChI is InChI=1S/C4H8N4O3/c5-3(6)8-1-2(9)11-4(7)10/h1H2,(H2,7,10)(H4,5,6,8). The van der Waals surface area contributed by atoms with Crippen molar-refractivity contribution in [1.29, 1.82) is 5.41 Å². The van der Waals surface area contributed by atoms with Crippen LogP contribution in [-0.2, 0) is 9.53 Å². The molecule has 0 fully saturated rings. The zero-order valence-corrected chi connectivity index (χ0v) is 5.59. The number of rotatable bonds is 2. The van der Waals surface area contributed by atoms with Crippen LogP contribution < -0.4 is 16.8 Å². The lowest BCUT2D eigenvalue weighted by atomic mass is 10.6. The van der Waals surface area contributed by atoms with Crippen LogP contribution in [-0.4, -0.2) is 24.6 Å². The Morgan fingerprint density at radius 1 is 1.45 bits per heavy atom. The molecule has 0 aromatic carbocycles. The van der Waals surface area contributed by atoms with Crippen LogP contribution in [0.3, 0.4) is 0 Å². The first-order chi connectivity index (χ1) is 5.02. The lowest BCUT2D eigenvalue weighted by Gasteiger charge is -2.00. The smallest absolute Gasteiger partial charge is 0.375 e. The van der Waals surface area contributed by atoms with Crippen LogP contribution in [0.15, 0.2) is 0 Å². The molecule has 0 bridgehead atoms. The highest BCUT2D eigenvalue weighted by Crippen LogP contribution is 1.74. The van der Waals surface area contributed by atoms with E-state index in [1.54, 1.807) is 0 Å². The summed E-state index contributed by atoms with van der Waals surface area (Å²) in [6, 6.07) is 0. The largest absolute Gasteiger partial charge is 0.412 e. The van der Waals surface area contributed by atoms with Crippen LogP contribution in [0.25, 0.3) is 0 Å². The molecule has 11 heavy (non-hydrogen) atoms. The molecule has 62 valence electrons. The van der Waals surface area contributed by atoms with Crippen LogP contribution in [0.5, 0.6) is 0 Å². The van der Waals surface area contributed by atoms with Gasteiger partial charge in [0, 0.05) is 0 Å². The van der Waals surface area contributed by atoms with Gasteiger partial charge in [0.1, 0.15) is 6.54 Å². The number of hydrogen-bond acceptors (Lipinski definition) is 4. The monoisotopic (exact) mass is 160 g/mol. The number of nitrogens with one attached hydrogen (secondary N) is 2. The summed E-state index contributed by atoms with van der Waals surface area (Å²) >= 11 is 0. The van der Waals surface area contributed by atoms with Crippen molar-refractivity contribution in [1.82, 2.24) is 5.32 Å². The molecule has 0 aliphatic carbocycles. The van der Waals surface area contributed by atoms with Crippen LogP contribution in [0.1, 0.15) is 0 Å². The zero-order valence-electron chi connectivity index (χ0n) is 5.59. The Morgan fingerprint density at radius 2 is 2.00 bits per heavy atom. The summed E-state index contributed by atoms with van der Waals surface area (Å²) in [5.41, 5.74) is 9.32. The van der Waals surface area contributed by atoms with E-state index in [0.717, 1.165) is 0 Å². The number of esters is 1. The maximum Gasteiger partial charge on any atom is 0.412 e. The first kappa shape index (κ1) is 9.21. The zero-order chi connectivity index (χ0) is 8.85. The van der Waals surface area contributed by atoms with Crippen molar-refractivity contribution in [3.63, 3.8) is 0 Å². The third kappa shape index (κ3) is 6.09. The fourth-order valence-electron chi connectivity index (χ4n) is 0.316. The lowest BCUT2D eigenvalue weighted by molar-refractivity contribution is -0.135. The van der Waals surface area contributed by atoms with Crippen molar-refractivity contribution in [2.75, 3.05) is 6.54 Å². The summed E-state index contributed by atoms with van der Waals surface area (Å²) in [6.07, 6.45) is -1.18. The van der Waals surface area contributed by atoms with Crippen molar-refractivity contribution in [3.8, 4) is 0 Å². The molecule has 0 heterocycles. The highest BCUT2D eigenvalue weighted by Gasteiger charge is 2.05. The molecule has 0 radical (unpaired) electrons. The summed E-state index contributed by atoms with van der Waals surface area (Å²) in [4.78, 5) is 20.3. The minimum atomic E-state index is -1.18. The third-order valence-electron chi connectivity index (χ3n) is 0.638. The van der Waals surface area contributed by atoms with Gasteiger partial charge in [-0.2, -0.15) is 0 Å². The number of hydrogen-bond donors (Lipinski definition) is 4. The number of carbonyl (C=O) groups excluding carboxylic acids is 2. The first-order valence-electron chi connectivity index (χ1n) is 2.60. The van der Waals surface area contributed by atoms with E-state index in [0.29, 0.717) is 0 Å². The number of primary amides is 1. The predicted molar refractivity (Wildman–Crippen MR) is 35.6 cm³/mol. The van der Waals surface area contributed by atoms with Gasteiger partial charge < -0.3 is 21.5 Å². The summed E-state index contributed by atoms with van der Waals surface area (Å²) in [6.45, 7) is -0.349. The molecule has 6 N–H and O–H groups in total. The van der Waals surface area contributed by atoms with Gasteiger partial charge in [-0.05, 0) is 0 Å². The summed E-state index contributed by atoms with van der Waals surface area (Å²) in [5, 5.41) is 8.74. The average molecular weight is 160 g/mol. The van der Waals surface area contributed by atoms with Gasteiger partial charge in [0.15, 0.2) is 5.96 Å². The van der Waals surface area contributed by atoms with Crippen LogP contribution >= 0.6 is 0 Å². The Kier molecular flexibility index (Phi) is 3.43. The molecule has 1 amide bonds. The molecule has 0 aliphatic rings. The average Bonchev–Trinajstić information content (AvgIpc) is 1.82. The molecule has 0 saturated heterocycles. The Bertz CT molecular complexity index is 190. The Labute approximate surface area is 62.2 Å². The van der Waals surface area contributed by atoms with Crippen LogP contribution in [0.2, 0.25) is 0 Å². The second-order valence-corrected chi connectivity index (χ2v) is 1.56. The Morgan fingerprint density at radius 3 is 2.36 bits per heavy atom. The van der Waals surface area contributed by atoms with Crippen LogP contribution in [0.4, 0.5) is 4.79 Å². The Hall–Kier alpha value is -1.79. The van der Waals surface area contributed by atoms with Gasteiger partial charge in [-0.3, -0.25) is 5.41 Å². The van der Waals surface area contributed by atoms with E-state index in [9.17, 15) is 9.59 Å². The van der Waals surface area contributed by atoms with Gasteiger partial charge in [-0.15, -0.1) is 0 Å². The number of nitrogens with two attached hydrogens (primary N) is 2. The predicted octanol–water partition coefficient (Wildman–Crippen LogP) is -1.91. The normalized spacial score (nSPS) is 8.36. The molecule has 7 heteroatoms. The summed E-state index contributed by atoms with van der Waals surface area (Å²) < 4.78 is 3.89. The highest BCUT2D eigenvalue weighted by molar-refractivity contribution is 5.87. The van der Waals surface area contributed by atoms with Gasteiger partial charge in [0.05, 0.1) is 0 Å². The van der Waals surface area contributed by atoms with Gasteiger partial charge >= 0.3 is 12.1 Å². The maximum absolute atomic E-state index is 10.4. The topological polar surface area (TPSA) is 131 Å². The van der Waals surface area contributed by atoms with Crippen molar-refractivity contribution < 1.29 is 14.3 Å². The molecular formula is C4H8N4O3. The van der Waals surface area contributed by atoms with E-state index in [2.05, 4.69) is 15.8 Å². The minimum absolute atomic E-state index is 0.349. The fraction of sp³-hybridized carbons (Fsp3) is 0.250. The molecule has 0 atom stereocenters. The van der Waals surface area contributed by atoms with E-state index in [4.69, 9.17) is 11.1 Å². The molecule has 0 aliphatic heterocycles. The number of guanidine groups is 1. The fourth-order valence-corrected chi connectivity index (χ4v) is 0.316. The molecule has 7 nitrogen and oxygen atoms in total. The molecule has 0 unspecified atom stereocenters. The summed E-state index contributed by atoms with van der Waals surface area (Å²) in [7, 11) is 0. The van der Waals surface area contributed by atoms with E-state index in [1.165, 1.54) is 0 Å². The molecule has 0 saturated carbocycles. The van der Waals surface area contributed by atoms with E-state index >= 15 is 0 Å². The Balaban J connectivity index is 3.53. The molecule has 0 aromatic rings. The maximum atomic E-state index is 10.4. The number of ether oxygens (including phenoxy) is 1. The second kappa shape index (κ2) is 4.09. The second-order valence-electron chi connectivity index (χ2n) is 1.56. The molecule has 0 rings (SSSR count). The minimum Gasteiger partial charge on any atom is -0.375 e. The van der Waals surface area contributed by atoms with E-state index in [1.807, 2.05) is 0 Å². The molecular weight excluding hydrogens is 152 g/mol. The van der Waals surface area contributed by atoms with Gasteiger partial charge in [0.25, 0.3) is 0 Å². The van der Waals surface area contributed by atoms with Crippen LogP contribution in [0, 0.1) is 5.41 Å². The van der Waals surface area contributed by atoms with Gasteiger partial charge in [-0.1, -0.05) is 0 Å². The van der Waals surface area contributed by atoms with E-state index in [-0.39, 0.29) is 12.5 Å². The first-order valence-corrected chi connectivity index (χ1v) is 2.60. The number of carbonyl (C=O) groups is 2. The quantitative estimate of drug-likeness (QED) is 0.162. The van der Waals surface area contributed by atoms with Crippen molar-refractivity contribution in [2.24, 2.45) is 11.5 Å². The van der Waals surface area contributed by atoms with Crippen molar-refractivity contribution in [2.45, 2.75) is 0 Å². The highest BCUT2D eigenvalue weighted by atomic mass is 16.6. The SMILES string of the molecule is N=C(N)NCC(=O)OC(N)=O. The third-order valence-corrected chi connectivity index (χ3v) is 0.638. The lowest BCUT2D eigenvalue weighted by Crippen LogP contribution is -2.36. The van der Waals surface area contributed by atoms with E-state index < -0.39 is 12.1 Å². The van der Waals surface area contributed by atoms with Crippen molar-refractivity contribution in [3.05, 3.63) is 0 Å². The molecule has 0 spiro atoms. The number of amides is 1. The van der Waals surface area contributed by atoms with Gasteiger partial charge in [-0.25, -0.2) is 9.59 Å². The van der Waals surface area contributed by atoms with Crippen molar-refractivity contribution >= 4 is 18.0 Å². The molecule has 0 aromatic heterocycles. The van der Waals surface area contributed by atoms with Gasteiger partial charge in [0.2, 0.25) is 0 Å². The summed E-state index contributed by atoms with van der Waals surface area (Å²) in [5.74, 6) is -1.26.